The number of nitrogens with one attached hydrogen (secondary N) is 1. The largest absolute Gasteiger partial charge is 0.357 e. The van der Waals surface area contributed by atoms with Crippen LogP contribution in [0.15, 0.2) is 28.7 Å². The van der Waals surface area contributed by atoms with E-state index in [1.54, 1.807) is 0 Å². The Hall–Kier alpha value is -2.08. The van der Waals surface area contributed by atoms with Gasteiger partial charge < -0.3 is 9.88 Å². The van der Waals surface area contributed by atoms with Gasteiger partial charge in [-0.05, 0) is 54.8 Å². The maximum atomic E-state index is 13.3. The van der Waals surface area contributed by atoms with Crippen molar-refractivity contribution in [1.82, 2.24) is 19.7 Å². The highest BCUT2D eigenvalue weighted by molar-refractivity contribution is 9.10. The van der Waals surface area contributed by atoms with E-state index in [-0.39, 0.29) is 11.4 Å². The summed E-state index contributed by atoms with van der Waals surface area (Å²) in [6, 6.07) is 8.18. The van der Waals surface area contributed by atoms with Crippen LogP contribution in [0.2, 0.25) is 0 Å². The summed E-state index contributed by atoms with van der Waals surface area (Å²) in [5.41, 5.74) is 5.05. The molecule has 0 bridgehead atoms. The number of aromatic amines is 1. The molecule has 0 aliphatic carbocycles. The van der Waals surface area contributed by atoms with Crippen molar-refractivity contribution in [3.63, 3.8) is 0 Å². The number of nitrogens with zero attached hydrogens (tertiary/aromatic N) is 3. The summed E-state index contributed by atoms with van der Waals surface area (Å²) in [5, 5.41) is 5.89. The van der Waals surface area contributed by atoms with Gasteiger partial charge in [0.15, 0.2) is 5.69 Å². The van der Waals surface area contributed by atoms with E-state index in [0.717, 1.165) is 22.1 Å². The number of carbonyl (C=O) groups is 1. The average Bonchev–Trinajstić information content (AvgIpc) is 3.23. The van der Waals surface area contributed by atoms with Crippen molar-refractivity contribution in [3.05, 3.63) is 51.4 Å². The number of amides is 1. The van der Waals surface area contributed by atoms with Crippen molar-refractivity contribution < 1.29 is 4.79 Å². The van der Waals surface area contributed by atoms with E-state index < -0.39 is 0 Å². The van der Waals surface area contributed by atoms with E-state index in [0.29, 0.717) is 24.7 Å². The number of fused-ring (bicyclic) bond motifs is 3. The van der Waals surface area contributed by atoms with Crippen LogP contribution in [0.3, 0.4) is 0 Å². The van der Waals surface area contributed by atoms with Crippen LogP contribution in [0.5, 0.6) is 0 Å². The summed E-state index contributed by atoms with van der Waals surface area (Å²) in [5.74, 6) is 0.326. The van der Waals surface area contributed by atoms with Gasteiger partial charge in [-0.25, -0.2) is 0 Å². The first kappa shape index (κ1) is 19.2. The molecule has 0 radical (unpaired) electrons. The van der Waals surface area contributed by atoms with Crippen LogP contribution in [-0.2, 0) is 18.5 Å². The van der Waals surface area contributed by atoms with Crippen LogP contribution in [0.1, 0.15) is 68.0 Å². The Kier molecular flexibility index (Phi) is 4.65. The van der Waals surface area contributed by atoms with Crippen molar-refractivity contribution in [1.29, 1.82) is 0 Å². The third kappa shape index (κ3) is 3.17. The molecule has 4 rings (SSSR count). The fourth-order valence-electron chi connectivity index (χ4n) is 3.99. The zero-order valence-electron chi connectivity index (χ0n) is 17.1. The molecular weight excluding hydrogens is 416 g/mol. The molecule has 5 nitrogen and oxygen atoms in total. The predicted molar refractivity (Wildman–Crippen MR) is 116 cm³/mol. The number of halogens is 1. The lowest BCUT2D eigenvalue weighted by Crippen LogP contribution is -2.36. The minimum absolute atomic E-state index is 0.0138. The Morgan fingerprint density at radius 3 is 2.68 bits per heavy atom. The van der Waals surface area contributed by atoms with Crippen LogP contribution in [0, 0.1) is 0 Å². The zero-order chi connectivity index (χ0) is 20.2. The van der Waals surface area contributed by atoms with E-state index in [9.17, 15) is 4.79 Å². The number of carbonyl (C=O) groups excluding carboxylic acids is 1. The van der Waals surface area contributed by atoms with Crippen LogP contribution >= 0.6 is 15.9 Å². The lowest BCUT2D eigenvalue weighted by atomic mass is 10.0. The quantitative estimate of drug-likeness (QED) is 0.592. The van der Waals surface area contributed by atoms with Crippen molar-refractivity contribution in [2.45, 2.75) is 59.0 Å². The molecule has 0 spiro atoms. The second kappa shape index (κ2) is 6.76. The first-order valence-electron chi connectivity index (χ1n) is 9.84. The van der Waals surface area contributed by atoms with Gasteiger partial charge in [-0.1, -0.05) is 26.0 Å². The van der Waals surface area contributed by atoms with E-state index in [1.807, 2.05) is 27.8 Å². The smallest absolute Gasteiger partial charge is 0.274 e. The number of hydrogen-bond acceptors (Lipinski definition) is 2. The van der Waals surface area contributed by atoms with Gasteiger partial charge in [-0.3, -0.25) is 9.48 Å². The fourth-order valence-corrected chi connectivity index (χ4v) is 4.45. The van der Waals surface area contributed by atoms with E-state index in [2.05, 4.69) is 61.6 Å². The summed E-state index contributed by atoms with van der Waals surface area (Å²) in [6.07, 6.45) is 0.833. The van der Waals surface area contributed by atoms with Gasteiger partial charge in [0.1, 0.15) is 0 Å². The third-order valence-corrected chi connectivity index (χ3v) is 6.09. The Morgan fingerprint density at radius 2 is 2.04 bits per heavy atom. The highest BCUT2D eigenvalue weighted by atomic mass is 79.9. The number of H-pyrrole nitrogens is 1. The van der Waals surface area contributed by atoms with Gasteiger partial charge in [0.25, 0.3) is 5.91 Å². The summed E-state index contributed by atoms with van der Waals surface area (Å²) in [4.78, 5) is 18.7. The normalized spacial score (nSPS) is 14.8. The minimum Gasteiger partial charge on any atom is -0.357 e. The average molecular weight is 443 g/mol. The number of rotatable bonds is 2. The van der Waals surface area contributed by atoms with E-state index in [1.165, 1.54) is 16.6 Å². The first-order chi connectivity index (χ1) is 13.2. The molecule has 0 fully saturated rings. The first-order valence-corrected chi connectivity index (χ1v) is 10.6. The lowest BCUT2D eigenvalue weighted by molar-refractivity contribution is 0.0727. The van der Waals surface area contributed by atoms with Crippen LogP contribution in [-0.4, -0.2) is 32.1 Å². The van der Waals surface area contributed by atoms with Crippen molar-refractivity contribution >= 4 is 32.7 Å². The molecule has 0 saturated heterocycles. The molecule has 2 aromatic heterocycles. The van der Waals surface area contributed by atoms with Gasteiger partial charge in [-0.15, -0.1) is 0 Å². The summed E-state index contributed by atoms with van der Waals surface area (Å²) in [6.45, 7) is 12.0. The molecule has 0 atom stereocenters. The molecule has 6 heteroatoms. The summed E-state index contributed by atoms with van der Waals surface area (Å²) in [7, 11) is 0. The van der Waals surface area contributed by atoms with Crippen LogP contribution < -0.4 is 0 Å². The van der Waals surface area contributed by atoms with Gasteiger partial charge >= 0.3 is 0 Å². The molecule has 1 amide bonds. The molecule has 3 aromatic rings. The van der Waals surface area contributed by atoms with Crippen LogP contribution in [0.4, 0.5) is 0 Å². The predicted octanol–water partition coefficient (Wildman–Crippen LogP) is 5.20. The molecule has 1 aliphatic heterocycles. The number of aromatic nitrogens is 3. The fraction of sp³-hybridized carbons (Fsp3) is 0.455. The summed E-state index contributed by atoms with van der Waals surface area (Å²) < 4.78 is 3.06. The highest BCUT2D eigenvalue weighted by Gasteiger charge is 2.29. The maximum Gasteiger partial charge on any atom is 0.274 e. The van der Waals surface area contributed by atoms with E-state index in [4.69, 9.17) is 5.10 Å². The number of hydrogen-bond donors (Lipinski definition) is 1. The van der Waals surface area contributed by atoms with Gasteiger partial charge in [0.05, 0.1) is 11.1 Å². The molecule has 148 valence electrons. The monoisotopic (exact) mass is 442 g/mol. The standard InChI is InChI=1S/C22H27BrN4O/c1-13(2)19-11-18(25-27(19)22(3,4)5)21(28)26-10-9-17-15(12-26)14-7-6-8-16(23)20(14)24-17/h6-8,11,13,24H,9-10,12H2,1-5H3. The third-order valence-electron chi connectivity index (χ3n) is 5.43. The Morgan fingerprint density at radius 1 is 1.29 bits per heavy atom. The Labute approximate surface area is 174 Å². The molecule has 0 saturated carbocycles. The molecule has 1 aromatic carbocycles. The lowest BCUT2D eigenvalue weighted by Gasteiger charge is -2.27. The van der Waals surface area contributed by atoms with Crippen LogP contribution in [0.25, 0.3) is 10.9 Å². The molecule has 28 heavy (non-hydrogen) atoms. The Bertz CT molecular complexity index is 1050. The van der Waals surface area contributed by atoms with Gasteiger partial charge in [0, 0.05) is 46.3 Å². The maximum absolute atomic E-state index is 13.3. The van der Waals surface area contributed by atoms with Gasteiger partial charge in [0.2, 0.25) is 0 Å². The van der Waals surface area contributed by atoms with E-state index >= 15 is 0 Å². The number of para-hydroxylation sites is 1. The summed E-state index contributed by atoms with van der Waals surface area (Å²) >= 11 is 3.62. The highest BCUT2D eigenvalue weighted by Crippen LogP contribution is 2.32. The molecule has 3 heterocycles. The molecular formula is C22H27BrN4O. The molecule has 0 unspecified atom stereocenters. The molecule has 1 N–H and O–H groups in total. The minimum atomic E-state index is -0.156. The topological polar surface area (TPSA) is 53.9 Å². The molecule has 1 aliphatic rings. The van der Waals surface area contributed by atoms with Crippen molar-refractivity contribution in [2.24, 2.45) is 0 Å². The SMILES string of the molecule is CC(C)c1cc(C(=O)N2CCc3[nH]c4c(Br)cccc4c3C2)nn1C(C)(C)C. The second-order valence-electron chi connectivity index (χ2n) is 8.91. The zero-order valence-corrected chi connectivity index (χ0v) is 18.7. The second-order valence-corrected chi connectivity index (χ2v) is 9.77. The Balaban J connectivity index is 1.67. The van der Waals surface area contributed by atoms with Gasteiger partial charge in [-0.2, -0.15) is 5.10 Å². The van der Waals surface area contributed by atoms with Crippen molar-refractivity contribution in [2.75, 3.05) is 6.54 Å². The number of benzene rings is 1. The van der Waals surface area contributed by atoms with Crippen molar-refractivity contribution in [3.8, 4) is 0 Å².